The predicted octanol–water partition coefficient (Wildman–Crippen LogP) is 0.361. The fourth-order valence-corrected chi connectivity index (χ4v) is 6.05. The molecule has 194 valence electrons. The maximum atomic E-state index is 13.2. The molecule has 0 radical (unpaired) electrons. The van der Waals surface area contributed by atoms with Crippen LogP contribution in [0, 0.1) is 0 Å². The third-order valence-electron chi connectivity index (χ3n) is 5.56. The second-order valence-electron chi connectivity index (χ2n) is 8.01. The quantitative estimate of drug-likeness (QED) is 0.154. The van der Waals surface area contributed by atoms with Crippen LogP contribution in [-0.4, -0.2) is 82.6 Å². The van der Waals surface area contributed by atoms with Gasteiger partial charge in [0, 0.05) is 31.6 Å². The molecule has 4 atom stereocenters. The molecule has 2 saturated heterocycles. The van der Waals surface area contributed by atoms with Gasteiger partial charge >= 0.3 is 11.9 Å². The molecule has 2 amide bonds. The molecule has 3 aliphatic heterocycles. The number of thiazole rings is 1. The molecule has 2 fully saturated rings. The average molecular weight is 540 g/mol. The Hall–Kier alpha value is -3.17. The van der Waals surface area contributed by atoms with Gasteiger partial charge in [-0.15, -0.1) is 23.1 Å². The summed E-state index contributed by atoms with van der Waals surface area (Å²) >= 11 is 2.52. The lowest BCUT2D eigenvalue weighted by Crippen LogP contribution is -2.71. The number of fused-ring (bicyclic) bond motifs is 1. The van der Waals surface area contributed by atoms with Gasteiger partial charge in [0.05, 0.1) is 6.10 Å². The summed E-state index contributed by atoms with van der Waals surface area (Å²) in [5, 5.41) is 7.61. The Morgan fingerprint density at radius 3 is 2.75 bits per heavy atom. The van der Waals surface area contributed by atoms with Crippen molar-refractivity contribution in [2.45, 2.75) is 50.5 Å². The Bertz CT molecular complexity index is 1130. The lowest BCUT2D eigenvalue weighted by atomic mass is 9.99. The van der Waals surface area contributed by atoms with E-state index in [0.29, 0.717) is 24.4 Å². The third kappa shape index (κ3) is 5.17. The summed E-state index contributed by atoms with van der Waals surface area (Å²) in [5.41, 5.74) is 6.42. The van der Waals surface area contributed by atoms with Gasteiger partial charge in [-0.1, -0.05) is 5.16 Å². The van der Waals surface area contributed by atoms with E-state index in [1.54, 1.807) is 5.38 Å². The fourth-order valence-electron chi connectivity index (χ4n) is 4.10. The number of nitrogen functional groups attached to an aromatic ring is 1. The van der Waals surface area contributed by atoms with E-state index < -0.39 is 41.5 Å². The van der Waals surface area contributed by atoms with Crippen molar-refractivity contribution in [1.29, 1.82) is 0 Å². The topological polar surface area (TPSA) is 172 Å². The van der Waals surface area contributed by atoms with Gasteiger partial charge in [0.2, 0.25) is 6.29 Å². The molecular weight excluding hydrogens is 514 g/mol. The number of hydrogen-bond acceptors (Lipinski definition) is 13. The molecule has 4 heterocycles. The van der Waals surface area contributed by atoms with E-state index in [-0.39, 0.29) is 28.3 Å². The van der Waals surface area contributed by atoms with Crippen molar-refractivity contribution >= 4 is 57.7 Å². The van der Waals surface area contributed by atoms with Crippen LogP contribution in [-0.2, 0) is 38.2 Å². The number of carbonyl (C=O) groups excluding carboxylic acids is 4. The van der Waals surface area contributed by atoms with E-state index in [2.05, 4.69) is 15.5 Å². The molecule has 0 bridgehead atoms. The number of esters is 2. The zero-order valence-corrected chi connectivity index (χ0v) is 21.3. The van der Waals surface area contributed by atoms with Gasteiger partial charge in [-0.2, -0.15) is 0 Å². The number of hydrogen-bond donors (Lipinski definition) is 2. The minimum atomic E-state index is -1.15. The maximum absolute atomic E-state index is 13.2. The van der Waals surface area contributed by atoms with Crippen LogP contribution >= 0.6 is 23.1 Å². The molecule has 0 aromatic carbocycles. The highest BCUT2D eigenvalue weighted by atomic mass is 32.2. The number of amides is 2. The van der Waals surface area contributed by atoms with Gasteiger partial charge in [-0.3, -0.25) is 19.3 Å². The summed E-state index contributed by atoms with van der Waals surface area (Å²) in [7, 11) is 1.28. The second kappa shape index (κ2) is 10.8. The molecule has 1 aromatic heterocycles. The zero-order chi connectivity index (χ0) is 26.0. The number of carbonyl (C=O) groups is 4. The molecule has 3 N–H and O–H groups in total. The molecular formula is C21H25N5O8S2. The molecule has 36 heavy (non-hydrogen) atoms. The second-order valence-corrected chi connectivity index (χ2v) is 10.0. The van der Waals surface area contributed by atoms with Crippen molar-refractivity contribution in [2.24, 2.45) is 5.16 Å². The summed E-state index contributed by atoms with van der Waals surface area (Å²) in [6.45, 7) is 3.15. The highest BCUT2D eigenvalue weighted by Gasteiger charge is 2.55. The first-order valence-corrected chi connectivity index (χ1v) is 12.9. The Balaban J connectivity index is 1.55. The molecule has 0 aliphatic carbocycles. The van der Waals surface area contributed by atoms with Gasteiger partial charge in [-0.25, -0.2) is 9.78 Å². The Labute approximate surface area is 214 Å². The number of β-lactam (4-membered cyclic amide) rings is 1. The first kappa shape index (κ1) is 25.9. The van der Waals surface area contributed by atoms with E-state index in [9.17, 15) is 19.2 Å². The van der Waals surface area contributed by atoms with Crippen LogP contribution in [0.2, 0.25) is 0 Å². The minimum absolute atomic E-state index is 0.0539. The molecule has 3 aliphatic rings. The number of ether oxygens (including phenoxy) is 3. The zero-order valence-electron chi connectivity index (χ0n) is 19.7. The van der Waals surface area contributed by atoms with Gasteiger partial charge in [0.1, 0.15) is 29.9 Å². The standard InChI is InChI=1S/C21H25N5O8S2/c1-9(27)33-10(2)34-20(30)16-11(13-5-4-6-32-13)7-35-19-15(18(29)26(16)19)24-17(28)14(25-31-3)12-8-36-21(22)23-12/h8,10,13,15,19H,4-7H2,1-3H3,(H2,22,23)(H,24,28)/t10-,13?,15+,19+/m0/s1. The lowest BCUT2D eigenvalue weighted by molar-refractivity contribution is -0.182. The van der Waals surface area contributed by atoms with E-state index in [4.69, 9.17) is 24.8 Å². The van der Waals surface area contributed by atoms with Crippen molar-refractivity contribution in [3.63, 3.8) is 0 Å². The number of rotatable bonds is 8. The molecule has 0 saturated carbocycles. The van der Waals surface area contributed by atoms with Crippen LogP contribution in [0.25, 0.3) is 0 Å². The molecule has 15 heteroatoms. The molecule has 1 unspecified atom stereocenters. The van der Waals surface area contributed by atoms with Crippen LogP contribution in [0.5, 0.6) is 0 Å². The van der Waals surface area contributed by atoms with E-state index >= 15 is 0 Å². The molecule has 0 spiro atoms. The van der Waals surface area contributed by atoms with Crippen molar-refractivity contribution in [2.75, 3.05) is 25.2 Å². The maximum Gasteiger partial charge on any atom is 0.358 e. The van der Waals surface area contributed by atoms with E-state index in [0.717, 1.165) is 17.8 Å². The number of nitrogens with one attached hydrogen (secondary N) is 1. The van der Waals surface area contributed by atoms with Crippen LogP contribution in [0.15, 0.2) is 21.8 Å². The van der Waals surface area contributed by atoms with Crippen molar-refractivity contribution in [1.82, 2.24) is 15.2 Å². The number of aromatic nitrogens is 1. The fraction of sp³-hybridized carbons (Fsp3) is 0.524. The Morgan fingerprint density at radius 2 is 2.14 bits per heavy atom. The van der Waals surface area contributed by atoms with Crippen molar-refractivity contribution in [3.05, 3.63) is 22.3 Å². The Kier molecular flexibility index (Phi) is 7.80. The number of nitrogens with two attached hydrogens (primary N) is 1. The van der Waals surface area contributed by atoms with Gasteiger partial charge in [-0.05, 0) is 18.4 Å². The highest BCUT2D eigenvalue weighted by Crippen LogP contribution is 2.43. The van der Waals surface area contributed by atoms with Gasteiger partial charge < -0.3 is 30.1 Å². The number of oxime groups is 1. The summed E-state index contributed by atoms with van der Waals surface area (Å²) < 4.78 is 16.0. The predicted molar refractivity (Wildman–Crippen MR) is 128 cm³/mol. The van der Waals surface area contributed by atoms with E-state index in [1.165, 1.54) is 37.6 Å². The SMILES string of the molecule is CON=C(C(=O)N[C@@H]1C(=O)N2C(C(=O)O[C@@H](C)OC(C)=O)=C(C3CCCO3)CS[C@H]12)c1csc(N)n1. The minimum Gasteiger partial charge on any atom is -0.426 e. The third-order valence-corrected chi connectivity index (χ3v) is 7.54. The Morgan fingerprint density at radius 1 is 1.36 bits per heavy atom. The number of thioether (sulfide) groups is 1. The van der Waals surface area contributed by atoms with Crippen molar-refractivity contribution in [3.8, 4) is 0 Å². The van der Waals surface area contributed by atoms with E-state index in [1.807, 2.05) is 0 Å². The molecule has 4 rings (SSSR count). The average Bonchev–Trinajstić information content (AvgIpc) is 3.51. The summed E-state index contributed by atoms with van der Waals surface area (Å²) in [4.78, 5) is 60.6. The smallest absolute Gasteiger partial charge is 0.358 e. The first-order valence-electron chi connectivity index (χ1n) is 11.0. The van der Waals surface area contributed by atoms with Crippen LogP contribution in [0.4, 0.5) is 5.13 Å². The summed E-state index contributed by atoms with van der Waals surface area (Å²) in [6, 6.07) is -0.930. The van der Waals surface area contributed by atoms with Gasteiger partial charge in [0.25, 0.3) is 11.8 Å². The monoisotopic (exact) mass is 539 g/mol. The molecule has 1 aromatic rings. The van der Waals surface area contributed by atoms with Crippen LogP contribution in [0.3, 0.4) is 0 Å². The molecule has 13 nitrogen and oxygen atoms in total. The first-order chi connectivity index (χ1) is 17.2. The normalized spacial score (nSPS) is 24.5. The lowest BCUT2D eigenvalue weighted by Gasteiger charge is -2.50. The van der Waals surface area contributed by atoms with Gasteiger partial charge in [0.15, 0.2) is 10.8 Å². The summed E-state index contributed by atoms with van der Waals surface area (Å²) in [5.74, 6) is -2.21. The highest BCUT2D eigenvalue weighted by molar-refractivity contribution is 8.00. The van der Waals surface area contributed by atoms with Crippen LogP contribution in [0.1, 0.15) is 32.4 Å². The largest absolute Gasteiger partial charge is 0.426 e. The van der Waals surface area contributed by atoms with Crippen molar-refractivity contribution < 1.29 is 38.2 Å². The number of nitrogens with zero attached hydrogens (tertiary/aromatic N) is 3. The summed E-state index contributed by atoms with van der Waals surface area (Å²) in [6.07, 6.45) is 0.0461. The van der Waals surface area contributed by atoms with Crippen LogP contribution < -0.4 is 11.1 Å². The number of anilines is 1.